The van der Waals surface area contributed by atoms with Crippen molar-refractivity contribution < 1.29 is 9.59 Å². The van der Waals surface area contributed by atoms with Gasteiger partial charge in [0.15, 0.2) is 0 Å². The molecule has 0 saturated heterocycles. The molecular weight excluding hydrogens is 468 g/mol. The van der Waals surface area contributed by atoms with E-state index in [1.807, 2.05) is 109 Å². The molecule has 5 heteroatoms. The Morgan fingerprint density at radius 3 is 1.81 bits per heavy atom. The Balaban J connectivity index is 1.61. The molecule has 4 nitrogen and oxygen atoms in total. The number of hydrogen-bond acceptors (Lipinski definition) is 2. The highest BCUT2D eigenvalue weighted by molar-refractivity contribution is 6.31. The molecule has 36 heavy (non-hydrogen) atoms. The van der Waals surface area contributed by atoms with E-state index in [0.717, 1.165) is 16.8 Å². The van der Waals surface area contributed by atoms with Crippen LogP contribution in [-0.2, 0) is 9.59 Å². The van der Waals surface area contributed by atoms with Crippen LogP contribution in [0.25, 0.3) is 6.08 Å². The number of hydrogen-bond donors (Lipinski definition) is 0. The third kappa shape index (κ3) is 3.63. The zero-order valence-corrected chi connectivity index (χ0v) is 20.0. The molecule has 0 saturated carbocycles. The first-order valence-electron chi connectivity index (χ1n) is 11.7. The molecule has 0 fully saturated rings. The largest absolute Gasteiger partial charge is 0.295 e. The van der Waals surface area contributed by atoms with Gasteiger partial charge in [-0.3, -0.25) is 19.4 Å². The number of benzene rings is 4. The molecule has 2 heterocycles. The SMILES string of the molecule is O=C1/C(=C\c2ccc(Cl)cc2)C2=C(C(=O)N(c3ccccc3)[C@H]2c2ccccc2)N1c1ccccc1. The molecular formula is C31H21ClN2O2. The predicted molar refractivity (Wildman–Crippen MR) is 143 cm³/mol. The first-order chi connectivity index (χ1) is 17.6. The second-order valence-corrected chi connectivity index (χ2v) is 9.11. The van der Waals surface area contributed by atoms with Crippen molar-refractivity contribution >= 4 is 40.9 Å². The molecule has 4 aromatic rings. The molecule has 0 N–H and O–H groups in total. The number of amides is 2. The molecule has 2 amide bonds. The van der Waals surface area contributed by atoms with Gasteiger partial charge >= 0.3 is 0 Å². The molecule has 4 aromatic carbocycles. The number of rotatable bonds is 4. The van der Waals surface area contributed by atoms with E-state index in [4.69, 9.17) is 11.6 Å². The second kappa shape index (κ2) is 8.99. The van der Waals surface area contributed by atoms with E-state index in [2.05, 4.69) is 0 Å². The van der Waals surface area contributed by atoms with Gasteiger partial charge in [0.2, 0.25) is 0 Å². The fourth-order valence-electron chi connectivity index (χ4n) is 4.93. The Morgan fingerprint density at radius 2 is 1.19 bits per heavy atom. The number of para-hydroxylation sites is 2. The molecule has 0 radical (unpaired) electrons. The third-order valence-electron chi connectivity index (χ3n) is 6.50. The van der Waals surface area contributed by atoms with Gasteiger partial charge in [-0.25, -0.2) is 0 Å². The van der Waals surface area contributed by atoms with Crippen LogP contribution in [-0.4, -0.2) is 11.8 Å². The average molecular weight is 489 g/mol. The van der Waals surface area contributed by atoms with Crippen LogP contribution < -0.4 is 9.80 Å². The average Bonchev–Trinajstić information content (AvgIpc) is 3.37. The lowest BCUT2D eigenvalue weighted by molar-refractivity contribution is -0.118. The number of halogens is 1. The van der Waals surface area contributed by atoms with Crippen LogP contribution >= 0.6 is 11.6 Å². The minimum Gasteiger partial charge on any atom is -0.295 e. The summed E-state index contributed by atoms with van der Waals surface area (Å²) in [6.07, 6.45) is 1.86. The summed E-state index contributed by atoms with van der Waals surface area (Å²) in [5, 5.41) is 0.620. The van der Waals surface area contributed by atoms with Crippen molar-refractivity contribution in [1.29, 1.82) is 0 Å². The lowest BCUT2D eigenvalue weighted by atomic mass is 9.93. The molecule has 2 aliphatic rings. The van der Waals surface area contributed by atoms with Crippen LogP contribution in [0.4, 0.5) is 11.4 Å². The van der Waals surface area contributed by atoms with E-state index in [-0.39, 0.29) is 11.8 Å². The molecule has 0 bridgehead atoms. The Bertz CT molecular complexity index is 1510. The van der Waals surface area contributed by atoms with Crippen molar-refractivity contribution in [2.45, 2.75) is 6.04 Å². The summed E-state index contributed by atoms with van der Waals surface area (Å²) < 4.78 is 0. The van der Waals surface area contributed by atoms with Crippen LogP contribution in [0.1, 0.15) is 17.2 Å². The quantitative estimate of drug-likeness (QED) is 0.296. The predicted octanol–water partition coefficient (Wildman–Crippen LogP) is 6.81. The normalized spacial score (nSPS) is 18.4. The smallest absolute Gasteiger partial charge is 0.276 e. The number of nitrogens with zero attached hydrogens (tertiary/aromatic N) is 2. The molecule has 0 aliphatic carbocycles. The zero-order chi connectivity index (χ0) is 24.6. The van der Waals surface area contributed by atoms with Crippen LogP contribution in [0.15, 0.2) is 132 Å². The van der Waals surface area contributed by atoms with E-state index in [9.17, 15) is 9.59 Å². The molecule has 0 aromatic heterocycles. The van der Waals surface area contributed by atoms with E-state index < -0.39 is 6.04 Å². The van der Waals surface area contributed by atoms with Gasteiger partial charge in [-0.2, -0.15) is 0 Å². The monoisotopic (exact) mass is 488 g/mol. The Hall–Kier alpha value is -4.41. The van der Waals surface area contributed by atoms with Gasteiger partial charge in [-0.15, -0.1) is 0 Å². The van der Waals surface area contributed by atoms with Crippen LogP contribution in [0.2, 0.25) is 5.02 Å². The van der Waals surface area contributed by atoms with E-state index in [0.29, 0.717) is 27.6 Å². The lowest BCUT2D eigenvalue weighted by Crippen LogP contribution is -2.38. The molecule has 0 spiro atoms. The van der Waals surface area contributed by atoms with Gasteiger partial charge in [0.1, 0.15) is 5.70 Å². The van der Waals surface area contributed by atoms with Crippen molar-refractivity contribution in [2.75, 3.05) is 9.80 Å². The summed E-state index contributed by atoms with van der Waals surface area (Å²) >= 11 is 6.10. The second-order valence-electron chi connectivity index (χ2n) is 8.67. The highest BCUT2D eigenvalue weighted by Gasteiger charge is 2.52. The maximum atomic E-state index is 14.2. The molecule has 6 rings (SSSR count). The van der Waals surface area contributed by atoms with E-state index in [1.165, 1.54) is 0 Å². The highest BCUT2D eigenvalue weighted by atomic mass is 35.5. The Labute approximate surface area is 214 Å². The minimum absolute atomic E-state index is 0.207. The summed E-state index contributed by atoms with van der Waals surface area (Å²) in [6.45, 7) is 0. The number of carbonyl (C=O) groups excluding carboxylic acids is 2. The fraction of sp³-hybridized carbons (Fsp3) is 0.0323. The van der Waals surface area contributed by atoms with Crippen LogP contribution in [0.5, 0.6) is 0 Å². The molecule has 174 valence electrons. The maximum Gasteiger partial charge on any atom is 0.276 e. The van der Waals surface area contributed by atoms with Crippen molar-refractivity contribution in [1.82, 2.24) is 0 Å². The molecule has 2 aliphatic heterocycles. The van der Waals surface area contributed by atoms with Gasteiger partial charge in [-0.05, 0) is 53.6 Å². The van der Waals surface area contributed by atoms with E-state index >= 15 is 0 Å². The fourth-order valence-corrected chi connectivity index (χ4v) is 5.05. The first-order valence-corrected chi connectivity index (χ1v) is 12.1. The first kappa shape index (κ1) is 22.1. The lowest BCUT2D eigenvalue weighted by Gasteiger charge is -2.30. The van der Waals surface area contributed by atoms with Gasteiger partial charge in [-0.1, -0.05) is 90.5 Å². The highest BCUT2D eigenvalue weighted by Crippen LogP contribution is 2.50. The zero-order valence-electron chi connectivity index (χ0n) is 19.2. The Kier molecular flexibility index (Phi) is 5.51. The van der Waals surface area contributed by atoms with Crippen LogP contribution in [0, 0.1) is 0 Å². The third-order valence-corrected chi connectivity index (χ3v) is 6.75. The summed E-state index contributed by atoms with van der Waals surface area (Å²) in [5.74, 6) is -0.426. The van der Waals surface area contributed by atoms with Crippen molar-refractivity contribution in [3.8, 4) is 0 Å². The maximum absolute atomic E-state index is 14.2. The summed E-state index contributed by atoms with van der Waals surface area (Å²) in [4.78, 5) is 31.5. The van der Waals surface area contributed by atoms with Gasteiger partial charge < -0.3 is 0 Å². The van der Waals surface area contributed by atoms with Crippen molar-refractivity contribution in [3.05, 3.63) is 148 Å². The topological polar surface area (TPSA) is 40.6 Å². The summed E-state index contributed by atoms with van der Waals surface area (Å²) in [7, 11) is 0. The molecule has 1 atom stereocenters. The minimum atomic E-state index is -0.452. The summed E-state index contributed by atoms with van der Waals surface area (Å²) in [6, 6.07) is 35.7. The van der Waals surface area contributed by atoms with Gasteiger partial charge in [0.05, 0.1) is 6.04 Å². The van der Waals surface area contributed by atoms with Gasteiger partial charge in [0, 0.05) is 27.5 Å². The van der Waals surface area contributed by atoms with E-state index in [1.54, 1.807) is 21.9 Å². The number of anilines is 2. The summed E-state index contributed by atoms with van der Waals surface area (Å²) in [5.41, 5.74) is 4.80. The standard InChI is InChI=1S/C31H21ClN2O2/c32-23-18-16-21(17-19-23)20-26-27-28(22-10-4-1-5-11-22)33(24-12-6-2-7-13-24)31(36)29(27)34(30(26)35)25-14-8-3-9-15-25/h1-20,28H/b26-20-/t28-/m0/s1. The van der Waals surface area contributed by atoms with Crippen LogP contribution in [0.3, 0.4) is 0 Å². The van der Waals surface area contributed by atoms with Gasteiger partial charge in [0.25, 0.3) is 11.8 Å². The number of carbonyl (C=O) groups is 2. The van der Waals surface area contributed by atoms with Crippen molar-refractivity contribution in [3.63, 3.8) is 0 Å². The van der Waals surface area contributed by atoms with Crippen molar-refractivity contribution in [2.24, 2.45) is 0 Å². The Morgan fingerprint density at radius 1 is 0.639 bits per heavy atom. The molecule has 0 unspecified atom stereocenters.